The first-order chi connectivity index (χ1) is 19.8. The Balaban J connectivity index is 1.66. The van der Waals surface area contributed by atoms with E-state index in [0.29, 0.717) is 0 Å². The maximum atomic E-state index is 12.3. The molecule has 2 aromatic carbocycles. The van der Waals surface area contributed by atoms with Crippen molar-refractivity contribution in [2.75, 3.05) is 27.4 Å². The number of hydrogen-bond acceptors (Lipinski definition) is 10. The van der Waals surface area contributed by atoms with Crippen molar-refractivity contribution in [1.29, 1.82) is 0 Å². The van der Waals surface area contributed by atoms with Crippen molar-refractivity contribution in [3.63, 3.8) is 0 Å². The Labute approximate surface area is 237 Å². The summed E-state index contributed by atoms with van der Waals surface area (Å²) in [5, 5.41) is 4.75. The summed E-state index contributed by atoms with van der Waals surface area (Å²) in [6.07, 6.45) is 0.958. The first-order valence-corrected chi connectivity index (χ1v) is 12.6. The molecule has 1 fully saturated rings. The minimum Gasteiger partial charge on any atom is -0.464 e. The number of carbonyl (C=O) groups is 4. The van der Waals surface area contributed by atoms with Crippen LogP contribution in [0.5, 0.6) is 0 Å². The molecule has 0 bridgehead atoms. The number of hydrogen-bond donors (Lipinski definition) is 2. The SMILES string of the molecule is COC(=O)/C(=C/CC1(C/C=C(\NC(=O)OCc2ccccc2)C(=O)OC)OCCO1)NC(=O)OCc1ccccc1. The van der Waals surface area contributed by atoms with Crippen LogP contribution in [0.4, 0.5) is 9.59 Å². The van der Waals surface area contributed by atoms with Gasteiger partial charge < -0.3 is 28.4 Å². The third-order valence-electron chi connectivity index (χ3n) is 5.76. The van der Waals surface area contributed by atoms with Crippen molar-refractivity contribution in [1.82, 2.24) is 10.6 Å². The van der Waals surface area contributed by atoms with E-state index >= 15 is 0 Å². The molecule has 12 heteroatoms. The molecule has 1 saturated heterocycles. The van der Waals surface area contributed by atoms with Gasteiger partial charge in [0.1, 0.15) is 24.6 Å². The first-order valence-electron chi connectivity index (χ1n) is 12.6. The molecule has 2 amide bonds. The Hall–Kier alpha value is -4.68. The summed E-state index contributed by atoms with van der Waals surface area (Å²) in [6, 6.07) is 18.0. The van der Waals surface area contributed by atoms with E-state index in [0.717, 1.165) is 11.1 Å². The number of esters is 2. The van der Waals surface area contributed by atoms with Gasteiger partial charge in [0.15, 0.2) is 5.79 Å². The maximum absolute atomic E-state index is 12.3. The highest BCUT2D eigenvalue weighted by Crippen LogP contribution is 2.29. The minimum atomic E-state index is -1.32. The molecule has 0 radical (unpaired) electrons. The average Bonchev–Trinajstić information content (AvgIpc) is 3.48. The van der Waals surface area contributed by atoms with Gasteiger partial charge in [-0.15, -0.1) is 0 Å². The first kappa shape index (κ1) is 30.9. The fraction of sp³-hybridized carbons (Fsp3) is 0.310. The fourth-order valence-corrected chi connectivity index (χ4v) is 3.66. The van der Waals surface area contributed by atoms with E-state index in [4.69, 9.17) is 28.4 Å². The van der Waals surface area contributed by atoms with Crippen molar-refractivity contribution in [2.24, 2.45) is 0 Å². The number of alkyl carbamates (subject to hydrolysis) is 2. The van der Waals surface area contributed by atoms with Gasteiger partial charge in [0.05, 0.1) is 27.4 Å². The molecule has 0 aliphatic carbocycles. The van der Waals surface area contributed by atoms with Gasteiger partial charge in [-0.3, -0.25) is 10.6 Å². The lowest BCUT2D eigenvalue weighted by Crippen LogP contribution is -2.33. The highest BCUT2D eigenvalue weighted by molar-refractivity contribution is 5.92. The number of nitrogens with one attached hydrogen (secondary N) is 2. The fourth-order valence-electron chi connectivity index (χ4n) is 3.66. The molecule has 0 unspecified atom stereocenters. The molecule has 12 nitrogen and oxygen atoms in total. The van der Waals surface area contributed by atoms with Gasteiger partial charge in [-0.25, -0.2) is 19.2 Å². The number of rotatable bonds is 12. The molecule has 0 aromatic heterocycles. The van der Waals surface area contributed by atoms with Crippen LogP contribution in [0.25, 0.3) is 0 Å². The lowest BCUT2D eigenvalue weighted by Gasteiger charge is -2.25. The zero-order valence-corrected chi connectivity index (χ0v) is 22.8. The lowest BCUT2D eigenvalue weighted by atomic mass is 10.1. The Bertz CT molecular complexity index is 1150. The highest BCUT2D eigenvalue weighted by Gasteiger charge is 2.36. The predicted molar refractivity (Wildman–Crippen MR) is 144 cm³/mol. The Kier molecular flexibility index (Phi) is 11.9. The third kappa shape index (κ3) is 10.1. The molecule has 3 rings (SSSR count). The van der Waals surface area contributed by atoms with Crippen molar-refractivity contribution in [3.8, 4) is 0 Å². The van der Waals surface area contributed by atoms with Gasteiger partial charge in [0, 0.05) is 12.8 Å². The van der Waals surface area contributed by atoms with Gasteiger partial charge in [0.2, 0.25) is 0 Å². The highest BCUT2D eigenvalue weighted by atomic mass is 16.7. The van der Waals surface area contributed by atoms with E-state index in [2.05, 4.69) is 10.6 Å². The molecule has 218 valence electrons. The smallest absolute Gasteiger partial charge is 0.412 e. The molecular weight excluding hydrogens is 536 g/mol. The maximum Gasteiger partial charge on any atom is 0.412 e. The molecule has 0 atom stereocenters. The summed E-state index contributed by atoms with van der Waals surface area (Å²) in [6.45, 7) is 0.474. The molecular formula is C29H32N2O10. The van der Waals surface area contributed by atoms with Crippen LogP contribution < -0.4 is 10.6 Å². The van der Waals surface area contributed by atoms with E-state index < -0.39 is 29.9 Å². The van der Waals surface area contributed by atoms with Crippen LogP contribution in [0.2, 0.25) is 0 Å². The number of benzene rings is 2. The van der Waals surface area contributed by atoms with Crippen molar-refractivity contribution < 1.29 is 47.6 Å². The quantitative estimate of drug-likeness (QED) is 0.222. The lowest BCUT2D eigenvalue weighted by molar-refractivity contribution is -0.151. The molecule has 0 spiro atoms. The van der Waals surface area contributed by atoms with Crippen molar-refractivity contribution >= 4 is 24.1 Å². The van der Waals surface area contributed by atoms with Gasteiger partial charge in [-0.2, -0.15) is 0 Å². The molecule has 2 N–H and O–H groups in total. The van der Waals surface area contributed by atoms with Gasteiger partial charge in [0.25, 0.3) is 0 Å². The number of amides is 2. The van der Waals surface area contributed by atoms with Crippen LogP contribution in [0.15, 0.2) is 84.2 Å². The van der Waals surface area contributed by atoms with Crippen LogP contribution in [0.1, 0.15) is 24.0 Å². The molecule has 1 heterocycles. The standard InChI is InChI=1S/C29H32N2O10/c1-36-25(32)23(30-27(34)38-19-21-9-5-3-6-10-21)13-15-29(40-17-18-41-29)16-14-24(26(33)37-2)31-28(35)39-20-22-11-7-4-8-12-22/h3-14H,15-20H2,1-2H3,(H,30,34)(H,31,35)/b23-13-,24-14-. The molecule has 1 aliphatic heterocycles. The zero-order valence-electron chi connectivity index (χ0n) is 22.8. The monoisotopic (exact) mass is 568 g/mol. The summed E-state index contributed by atoms with van der Waals surface area (Å²) in [5.74, 6) is -2.95. The van der Waals surface area contributed by atoms with E-state index in [1.807, 2.05) is 12.1 Å². The Morgan fingerprint density at radius 2 is 1.10 bits per heavy atom. The third-order valence-corrected chi connectivity index (χ3v) is 5.76. The number of ether oxygens (including phenoxy) is 6. The van der Waals surface area contributed by atoms with E-state index in [1.54, 1.807) is 48.5 Å². The largest absolute Gasteiger partial charge is 0.464 e. The average molecular weight is 569 g/mol. The van der Waals surface area contributed by atoms with Gasteiger partial charge >= 0.3 is 24.1 Å². The molecule has 1 aliphatic rings. The minimum absolute atomic E-state index is 0.000825. The Morgan fingerprint density at radius 1 is 0.707 bits per heavy atom. The summed E-state index contributed by atoms with van der Waals surface area (Å²) >= 11 is 0. The second-order valence-corrected chi connectivity index (χ2v) is 8.61. The van der Waals surface area contributed by atoms with Crippen molar-refractivity contribution in [3.05, 3.63) is 95.3 Å². The van der Waals surface area contributed by atoms with Crippen LogP contribution in [0, 0.1) is 0 Å². The van der Waals surface area contributed by atoms with Crippen molar-refractivity contribution in [2.45, 2.75) is 31.8 Å². The number of methoxy groups -OCH3 is 2. The molecule has 2 aromatic rings. The van der Waals surface area contributed by atoms with Crippen LogP contribution in [0.3, 0.4) is 0 Å². The summed E-state index contributed by atoms with van der Waals surface area (Å²) in [4.78, 5) is 49.3. The second-order valence-electron chi connectivity index (χ2n) is 8.61. The van der Waals surface area contributed by atoms with E-state index in [1.165, 1.54) is 26.4 Å². The van der Waals surface area contributed by atoms with E-state index in [9.17, 15) is 19.2 Å². The Morgan fingerprint density at radius 3 is 1.46 bits per heavy atom. The second kappa shape index (κ2) is 15.8. The summed E-state index contributed by atoms with van der Waals surface area (Å²) < 4.78 is 31.5. The summed E-state index contributed by atoms with van der Waals surface area (Å²) in [7, 11) is 2.33. The van der Waals surface area contributed by atoms with Gasteiger partial charge in [-0.05, 0) is 23.3 Å². The van der Waals surface area contributed by atoms with Gasteiger partial charge in [-0.1, -0.05) is 60.7 Å². The number of carbonyl (C=O) groups excluding carboxylic acids is 4. The topological polar surface area (TPSA) is 148 Å². The van der Waals surface area contributed by atoms with E-state index in [-0.39, 0.29) is 50.7 Å². The van der Waals surface area contributed by atoms with Crippen LogP contribution in [-0.2, 0) is 51.2 Å². The van der Waals surface area contributed by atoms with Crippen LogP contribution in [-0.4, -0.2) is 57.3 Å². The predicted octanol–water partition coefficient (Wildman–Crippen LogP) is 3.48. The zero-order chi connectivity index (χ0) is 29.5. The molecule has 41 heavy (non-hydrogen) atoms. The normalized spacial score (nSPS) is 14.5. The molecule has 0 saturated carbocycles. The van der Waals surface area contributed by atoms with Crippen LogP contribution >= 0.6 is 0 Å². The summed E-state index contributed by atoms with van der Waals surface area (Å²) in [5.41, 5.74) is 1.15.